The Hall–Kier alpha value is -1.00. The molecule has 0 spiro atoms. The van der Waals surface area contributed by atoms with E-state index in [1.165, 1.54) is 0 Å². The Kier molecular flexibility index (Phi) is 7.82. The smallest absolute Gasteiger partial charge is 0.227 e. The number of methoxy groups -OCH3 is 2. The number of imidazole rings is 1. The van der Waals surface area contributed by atoms with Crippen LogP contribution in [0.4, 0.5) is 0 Å². The van der Waals surface area contributed by atoms with Crippen molar-refractivity contribution in [1.82, 2.24) is 19.4 Å². The zero-order valence-electron chi connectivity index (χ0n) is 15.5. The van der Waals surface area contributed by atoms with E-state index in [0.29, 0.717) is 19.7 Å². The van der Waals surface area contributed by atoms with Crippen LogP contribution in [0.2, 0.25) is 0 Å². The molecular weight excluding hydrogens is 344 g/mol. The minimum Gasteiger partial charge on any atom is -0.383 e. The molecule has 25 heavy (non-hydrogen) atoms. The molecule has 0 N–H and O–H groups in total. The fourth-order valence-electron chi connectivity index (χ4n) is 2.94. The van der Waals surface area contributed by atoms with Gasteiger partial charge in [0, 0.05) is 60.0 Å². The minimum atomic E-state index is -3.34. The predicted molar refractivity (Wildman–Crippen MR) is 95.4 cm³/mol. The molecule has 0 amide bonds. The van der Waals surface area contributed by atoms with Gasteiger partial charge in [-0.3, -0.25) is 9.80 Å². The van der Waals surface area contributed by atoms with Crippen molar-refractivity contribution in [2.24, 2.45) is 0 Å². The van der Waals surface area contributed by atoms with E-state index in [0.717, 1.165) is 45.0 Å². The molecule has 0 atom stereocenters. The molecule has 0 aromatic carbocycles. The Morgan fingerprint density at radius 3 is 2.24 bits per heavy atom. The number of ether oxygens (including phenoxy) is 2. The molecular formula is C16H30N4O4S. The van der Waals surface area contributed by atoms with Crippen LogP contribution in [0.5, 0.6) is 0 Å². The normalized spacial score (nSPS) is 17.2. The van der Waals surface area contributed by atoms with Crippen LogP contribution < -0.4 is 0 Å². The lowest BCUT2D eigenvalue weighted by Gasteiger charge is -2.34. The van der Waals surface area contributed by atoms with Gasteiger partial charge in [0.05, 0.1) is 30.9 Å². The third-order valence-electron chi connectivity index (χ3n) is 4.54. The summed E-state index contributed by atoms with van der Waals surface area (Å²) in [6.07, 6.45) is 1.69. The van der Waals surface area contributed by atoms with Crippen molar-refractivity contribution < 1.29 is 17.9 Å². The second-order valence-corrected chi connectivity index (χ2v) is 8.36. The van der Waals surface area contributed by atoms with Crippen LogP contribution in [0, 0.1) is 0 Å². The van der Waals surface area contributed by atoms with Crippen LogP contribution in [0.15, 0.2) is 11.4 Å². The van der Waals surface area contributed by atoms with E-state index in [1.807, 2.05) is 0 Å². The second-order valence-electron chi connectivity index (χ2n) is 6.19. The first-order valence-electron chi connectivity index (χ1n) is 8.71. The first-order chi connectivity index (χ1) is 12.0. The topological polar surface area (TPSA) is 76.9 Å². The van der Waals surface area contributed by atoms with Crippen molar-refractivity contribution >= 4 is 9.84 Å². The molecule has 9 heteroatoms. The molecule has 1 aliphatic heterocycles. The summed E-state index contributed by atoms with van der Waals surface area (Å²) in [5.41, 5.74) is 0.925. The Bertz CT molecular complexity index is 624. The summed E-state index contributed by atoms with van der Waals surface area (Å²) in [6, 6.07) is 0. The summed E-state index contributed by atoms with van der Waals surface area (Å²) in [5, 5.41) is 0.154. The van der Waals surface area contributed by atoms with Crippen LogP contribution in [0.1, 0.15) is 12.6 Å². The summed E-state index contributed by atoms with van der Waals surface area (Å²) >= 11 is 0. The number of hydrogen-bond donors (Lipinski definition) is 0. The van der Waals surface area contributed by atoms with Crippen molar-refractivity contribution in [3.63, 3.8) is 0 Å². The van der Waals surface area contributed by atoms with Crippen LogP contribution in [-0.4, -0.2) is 93.7 Å². The number of aromatic nitrogens is 2. The SMILES string of the molecule is CCS(=O)(=O)c1ncc(CN2CCN(CCOC)CC2)n1CCOC. The fourth-order valence-corrected chi connectivity index (χ4v) is 3.95. The molecule has 0 saturated carbocycles. The summed E-state index contributed by atoms with van der Waals surface area (Å²) in [4.78, 5) is 8.92. The molecule has 1 aliphatic rings. The van der Waals surface area contributed by atoms with Crippen LogP contribution in [0.25, 0.3) is 0 Å². The Morgan fingerprint density at radius 2 is 1.64 bits per heavy atom. The third kappa shape index (κ3) is 5.49. The standard InChI is InChI=1S/C16H30N4O4S/c1-4-25(21,22)16-17-13-15(20(16)10-12-24-3)14-19-7-5-18(6-8-19)9-11-23-2/h13H,4-12,14H2,1-3H3. The maximum Gasteiger partial charge on any atom is 0.227 e. The molecule has 1 fully saturated rings. The molecule has 144 valence electrons. The number of sulfone groups is 1. The van der Waals surface area contributed by atoms with E-state index in [-0.39, 0.29) is 10.9 Å². The van der Waals surface area contributed by atoms with Gasteiger partial charge in [-0.1, -0.05) is 6.92 Å². The van der Waals surface area contributed by atoms with Gasteiger partial charge in [-0.05, 0) is 0 Å². The van der Waals surface area contributed by atoms with Gasteiger partial charge >= 0.3 is 0 Å². The van der Waals surface area contributed by atoms with Crippen molar-refractivity contribution in [3.8, 4) is 0 Å². The van der Waals surface area contributed by atoms with E-state index < -0.39 is 9.84 Å². The maximum atomic E-state index is 12.3. The highest BCUT2D eigenvalue weighted by atomic mass is 32.2. The van der Waals surface area contributed by atoms with E-state index in [1.54, 1.807) is 31.9 Å². The van der Waals surface area contributed by atoms with Crippen molar-refractivity contribution in [1.29, 1.82) is 0 Å². The maximum absolute atomic E-state index is 12.3. The van der Waals surface area contributed by atoms with E-state index >= 15 is 0 Å². The minimum absolute atomic E-state index is 0.0502. The molecule has 2 rings (SSSR count). The Labute approximate surface area is 150 Å². The highest BCUT2D eigenvalue weighted by Gasteiger charge is 2.23. The number of piperazine rings is 1. The molecule has 1 aromatic heterocycles. The lowest BCUT2D eigenvalue weighted by atomic mass is 10.3. The van der Waals surface area contributed by atoms with Crippen molar-refractivity contribution in [2.75, 3.05) is 65.9 Å². The van der Waals surface area contributed by atoms with Crippen LogP contribution in [-0.2, 0) is 32.4 Å². The van der Waals surface area contributed by atoms with Gasteiger partial charge in [0.25, 0.3) is 0 Å². The van der Waals surface area contributed by atoms with E-state index in [9.17, 15) is 8.42 Å². The van der Waals surface area contributed by atoms with Gasteiger partial charge in [-0.25, -0.2) is 13.4 Å². The monoisotopic (exact) mass is 374 g/mol. The highest BCUT2D eigenvalue weighted by Crippen LogP contribution is 2.16. The van der Waals surface area contributed by atoms with Crippen molar-refractivity contribution in [3.05, 3.63) is 11.9 Å². The molecule has 8 nitrogen and oxygen atoms in total. The van der Waals surface area contributed by atoms with E-state index in [2.05, 4.69) is 14.8 Å². The summed E-state index contributed by atoms with van der Waals surface area (Å²) in [7, 11) is -0.00614. The highest BCUT2D eigenvalue weighted by molar-refractivity contribution is 7.91. The first-order valence-corrected chi connectivity index (χ1v) is 10.4. The molecule has 0 aliphatic carbocycles. The molecule has 2 heterocycles. The van der Waals surface area contributed by atoms with Gasteiger partial charge in [-0.15, -0.1) is 0 Å². The zero-order chi connectivity index (χ0) is 18.3. The largest absolute Gasteiger partial charge is 0.383 e. The van der Waals surface area contributed by atoms with E-state index in [4.69, 9.17) is 9.47 Å². The molecule has 1 aromatic rings. The van der Waals surface area contributed by atoms with Gasteiger partial charge in [0.15, 0.2) is 0 Å². The zero-order valence-corrected chi connectivity index (χ0v) is 16.3. The summed E-state index contributed by atoms with van der Waals surface area (Å²) in [5.74, 6) is 0.0502. The molecule has 0 bridgehead atoms. The van der Waals surface area contributed by atoms with Crippen LogP contribution in [0.3, 0.4) is 0 Å². The summed E-state index contributed by atoms with van der Waals surface area (Å²) in [6.45, 7) is 8.90. The number of hydrogen-bond acceptors (Lipinski definition) is 7. The van der Waals surface area contributed by atoms with Crippen molar-refractivity contribution in [2.45, 2.75) is 25.2 Å². The fraction of sp³-hybridized carbons (Fsp3) is 0.812. The predicted octanol–water partition coefficient (Wildman–Crippen LogP) is 0.0871. The number of nitrogens with zero attached hydrogens (tertiary/aromatic N) is 4. The molecule has 0 radical (unpaired) electrons. The lowest BCUT2D eigenvalue weighted by Crippen LogP contribution is -2.47. The Morgan fingerprint density at radius 1 is 1.04 bits per heavy atom. The number of rotatable bonds is 10. The lowest BCUT2D eigenvalue weighted by molar-refractivity contribution is 0.0922. The average Bonchev–Trinajstić information content (AvgIpc) is 3.02. The third-order valence-corrected chi connectivity index (χ3v) is 6.18. The average molecular weight is 375 g/mol. The van der Waals surface area contributed by atoms with Crippen LogP contribution >= 0.6 is 0 Å². The molecule has 1 saturated heterocycles. The van der Waals surface area contributed by atoms with Gasteiger partial charge in [0.2, 0.25) is 15.0 Å². The summed E-state index contributed by atoms with van der Waals surface area (Å²) < 4.78 is 36.6. The second kappa shape index (κ2) is 9.63. The Balaban J connectivity index is 2.04. The van der Waals surface area contributed by atoms with Gasteiger partial charge in [0.1, 0.15) is 0 Å². The molecule has 0 unspecified atom stereocenters. The van der Waals surface area contributed by atoms with Gasteiger partial charge in [-0.2, -0.15) is 0 Å². The quantitative estimate of drug-likeness (QED) is 0.574. The first kappa shape index (κ1) is 20.3. The van der Waals surface area contributed by atoms with Gasteiger partial charge < -0.3 is 14.0 Å².